The van der Waals surface area contributed by atoms with Gasteiger partial charge in [0.15, 0.2) is 6.61 Å². The minimum Gasteiger partial charge on any atom is -0.482 e. The molecule has 1 atom stereocenters. The van der Waals surface area contributed by atoms with Gasteiger partial charge in [-0.1, -0.05) is 12.1 Å². The SMILES string of the molecule is CC(C)NC(=O)N1CCC[C@H]1C(=O)N(C)Cc1ccc(OCC(=O)O)cc1. The van der Waals surface area contributed by atoms with Gasteiger partial charge in [0.05, 0.1) is 0 Å². The van der Waals surface area contributed by atoms with E-state index < -0.39 is 18.6 Å². The second-order valence-corrected chi connectivity index (χ2v) is 6.98. The molecule has 1 aromatic carbocycles. The molecule has 1 saturated heterocycles. The van der Waals surface area contributed by atoms with E-state index >= 15 is 0 Å². The lowest BCUT2D eigenvalue weighted by Crippen LogP contribution is -2.51. The molecule has 148 valence electrons. The van der Waals surface area contributed by atoms with Crippen LogP contribution in [0.25, 0.3) is 0 Å². The van der Waals surface area contributed by atoms with Crippen LogP contribution in [0.2, 0.25) is 0 Å². The number of ether oxygens (including phenoxy) is 1. The number of carbonyl (C=O) groups is 3. The van der Waals surface area contributed by atoms with Crippen LogP contribution in [0.3, 0.4) is 0 Å². The summed E-state index contributed by atoms with van der Waals surface area (Å²) in [6.07, 6.45) is 1.47. The number of carbonyl (C=O) groups excluding carboxylic acids is 2. The van der Waals surface area contributed by atoms with Gasteiger partial charge in [-0.3, -0.25) is 4.79 Å². The molecule has 1 aromatic rings. The quantitative estimate of drug-likeness (QED) is 0.753. The number of amides is 3. The van der Waals surface area contributed by atoms with Crippen molar-refractivity contribution in [2.75, 3.05) is 20.2 Å². The van der Waals surface area contributed by atoms with E-state index in [0.29, 0.717) is 25.3 Å². The number of likely N-dealkylation sites (N-methyl/N-ethyl adjacent to an activating group) is 1. The first kappa shape index (κ1) is 20.5. The minimum absolute atomic E-state index is 0.0217. The molecule has 1 aliphatic rings. The van der Waals surface area contributed by atoms with Crippen LogP contribution in [0.1, 0.15) is 32.3 Å². The molecular formula is C19H27N3O5. The minimum atomic E-state index is -1.04. The first-order valence-electron chi connectivity index (χ1n) is 9.03. The fraction of sp³-hybridized carbons (Fsp3) is 0.526. The zero-order chi connectivity index (χ0) is 20.0. The van der Waals surface area contributed by atoms with Gasteiger partial charge in [0.25, 0.3) is 0 Å². The number of hydrogen-bond donors (Lipinski definition) is 2. The summed E-state index contributed by atoms with van der Waals surface area (Å²) in [5.74, 6) is -0.660. The zero-order valence-electron chi connectivity index (χ0n) is 16.0. The van der Waals surface area contributed by atoms with Crippen molar-refractivity contribution in [2.24, 2.45) is 0 Å². The van der Waals surface area contributed by atoms with E-state index in [0.717, 1.165) is 12.0 Å². The summed E-state index contributed by atoms with van der Waals surface area (Å²) >= 11 is 0. The Morgan fingerprint density at radius 3 is 2.56 bits per heavy atom. The van der Waals surface area contributed by atoms with Crippen molar-refractivity contribution >= 4 is 17.9 Å². The topological polar surface area (TPSA) is 99.2 Å². The van der Waals surface area contributed by atoms with E-state index in [4.69, 9.17) is 9.84 Å². The maximum absolute atomic E-state index is 12.8. The Morgan fingerprint density at radius 2 is 1.96 bits per heavy atom. The lowest BCUT2D eigenvalue weighted by atomic mass is 10.1. The maximum atomic E-state index is 12.8. The largest absolute Gasteiger partial charge is 0.482 e. The molecule has 1 fully saturated rings. The van der Waals surface area contributed by atoms with Gasteiger partial charge in [-0.2, -0.15) is 0 Å². The third kappa shape index (κ3) is 5.87. The van der Waals surface area contributed by atoms with E-state index in [1.165, 1.54) is 0 Å². The van der Waals surface area contributed by atoms with E-state index in [2.05, 4.69) is 5.32 Å². The van der Waals surface area contributed by atoms with Crippen LogP contribution in [-0.2, 0) is 16.1 Å². The predicted molar refractivity (Wildman–Crippen MR) is 99.4 cm³/mol. The monoisotopic (exact) mass is 377 g/mol. The molecule has 0 aromatic heterocycles. The molecule has 8 heteroatoms. The van der Waals surface area contributed by atoms with Gasteiger partial charge in [0.2, 0.25) is 5.91 Å². The van der Waals surface area contributed by atoms with Crippen LogP contribution in [0.15, 0.2) is 24.3 Å². The van der Waals surface area contributed by atoms with Gasteiger partial charge < -0.3 is 25.0 Å². The molecule has 2 N–H and O–H groups in total. The summed E-state index contributed by atoms with van der Waals surface area (Å²) in [7, 11) is 1.72. The number of carboxylic acids is 1. The molecule has 1 heterocycles. The van der Waals surface area contributed by atoms with Crippen LogP contribution in [0, 0.1) is 0 Å². The van der Waals surface area contributed by atoms with E-state index in [1.54, 1.807) is 41.1 Å². The van der Waals surface area contributed by atoms with Crippen molar-refractivity contribution in [1.29, 1.82) is 0 Å². The molecule has 2 rings (SSSR count). The number of benzene rings is 1. The van der Waals surface area contributed by atoms with Gasteiger partial charge in [-0.25, -0.2) is 9.59 Å². The number of nitrogens with zero attached hydrogens (tertiary/aromatic N) is 2. The first-order chi connectivity index (χ1) is 12.8. The third-order valence-corrected chi connectivity index (χ3v) is 4.29. The van der Waals surface area contributed by atoms with Crippen molar-refractivity contribution in [2.45, 2.75) is 45.3 Å². The Hall–Kier alpha value is -2.77. The van der Waals surface area contributed by atoms with E-state index in [9.17, 15) is 14.4 Å². The van der Waals surface area contributed by atoms with Crippen LogP contribution in [0.4, 0.5) is 4.79 Å². The van der Waals surface area contributed by atoms with Crippen molar-refractivity contribution in [3.8, 4) is 5.75 Å². The highest BCUT2D eigenvalue weighted by molar-refractivity contribution is 5.87. The van der Waals surface area contributed by atoms with Crippen LogP contribution < -0.4 is 10.1 Å². The maximum Gasteiger partial charge on any atom is 0.341 e. The van der Waals surface area contributed by atoms with Crippen molar-refractivity contribution in [3.05, 3.63) is 29.8 Å². The second kappa shape index (κ2) is 9.25. The molecular weight excluding hydrogens is 350 g/mol. The standard InChI is InChI=1S/C19H27N3O5/c1-13(2)20-19(26)22-10-4-5-16(22)18(25)21(3)11-14-6-8-15(9-7-14)27-12-17(23)24/h6-9,13,16H,4-5,10-12H2,1-3H3,(H,20,26)(H,23,24)/t16-/m0/s1. The lowest BCUT2D eigenvalue weighted by molar-refractivity contribution is -0.139. The highest BCUT2D eigenvalue weighted by atomic mass is 16.5. The summed E-state index contributed by atoms with van der Waals surface area (Å²) in [6, 6.07) is 6.32. The number of urea groups is 1. The Morgan fingerprint density at radius 1 is 1.30 bits per heavy atom. The number of carboxylic acid groups (broad SMARTS) is 1. The number of nitrogens with one attached hydrogen (secondary N) is 1. The van der Waals surface area contributed by atoms with Crippen LogP contribution in [-0.4, -0.2) is 65.1 Å². The van der Waals surface area contributed by atoms with Gasteiger partial charge in [-0.05, 0) is 44.4 Å². The molecule has 1 aliphatic heterocycles. The highest BCUT2D eigenvalue weighted by Crippen LogP contribution is 2.20. The van der Waals surface area contributed by atoms with Crippen molar-refractivity contribution in [3.63, 3.8) is 0 Å². The number of likely N-dealkylation sites (tertiary alicyclic amines) is 1. The summed E-state index contributed by atoms with van der Waals surface area (Å²) < 4.78 is 5.10. The first-order valence-corrected chi connectivity index (χ1v) is 9.03. The van der Waals surface area contributed by atoms with Crippen molar-refractivity contribution < 1.29 is 24.2 Å². The Labute approximate surface area is 159 Å². The summed E-state index contributed by atoms with van der Waals surface area (Å²) in [5.41, 5.74) is 0.893. The van der Waals surface area contributed by atoms with Gasteiger partial charge in [0.1, 0.15) is 11.8 Å². The molecule has 0 unspecified atom stereocenters. The summed E-state index contributed by atoms with van der Waals surface area (Å²) in [4.78, 5) is 38.8. The van der Waals surface area contributed by atoms with Crippen LogP contribution >= 0.6 is 0 Å². The van der Waals surface area contributed by atoms with Gasteiger partial charge in [0, 0.05) is 26.2 Å². The molecule has 0 saturated carbocycles. The molecule has 27 heavy (non-hydrogen) atoms. The molecule has 3 amide bonds. The normalized spacial score (nSPS) is 16.3. The lowest BCUT2D eigenvalue weighted by Gasteiger charge is -2.29. The zero-order valence-corrected chi connectivity index (χ0v) is 16.0. The number of rotatable bonds is 7. The Balaban J connectivity index is 1.94. The van der Waals surface area contributed by atoms with Crippen LogP contribution in [0.5, 0.6) is 5.75 Å². The molecule has 8 nitrogen and oxygen atoms in total. The van der Waals surface area contributed by atoms with Gasteiger partial charge >= 0.3 is 12.0 Å². The molecule has 0 spiro atoms. The highest BCUT2D eigenvalue weighted by Gasteiger charge is 2.35. The average Bonchev–Trinajstić information content (AvgIpc) is 3.09. The molecule has 0 radical (unpaired) electrons. The molecule has 0 aliphatic carbocycles. The Kier molecular flexibility index (Phi) is 7.04. The van der Waals surface area contributed by atoms with E-state index in [-0.39, 0.29) is 18.0 Å². The molecule has 0 bridgehead atoms. The smallest absolute Gasteiger partial charge is 0.341 e. The van der Waals surface area contributed by atoms with Crippen molar-refractivity contribution in [1.82, 2.24) is 15.1 Å². The number of hydrogen-bond acceptors (Lipinski definition) is 4. The third-order valence-electron chi connectivity index (χ3n) is 4.29. The number of aliphatic carboxylic acids is 1. The second-order valence-electron chi connectivity index (χ2n) is 6.98. The predicted octanol–water partition coefficient (Wildman–Crippen LogP) is 1.69. The van der Waals surface area contributed by atoms with Gasteiger partial charge in [-0.15, -0.1) is 0 Å². The average molecular weight is 377 g/mol. The summed E-state index contributed by atoms with van der Waals surface area (Å²) in [5, 5.41) is 11.5. The summed E-state index contributed by atoms with van der Waals surface area (Å²) in [6.45, 7) is 4.36. The van der Waals surface area contributed by atoms with E-state index in [1.807, 2.05) is 13.8 Å². The fourth-order valence-electron chi connectivity index (χ4n) is 3.04. The Bertz CT molecular complexity index is 674. The fourth-order valence-corrected chi connectivity index (χ4v) is 3.04.